The molecule has 0 N–H and O–H groups in total. The van der Waals surface area contributed by atoms with E-state index in [9.17, 15) is 0 Å². The predicted molar refractivity (Wildman–Crippen MR) is 55.5 cm³/mol. The minimum absolute atomic E-state index is 0.966. The molecule has 0 radical (unpaired) electrons. The Morgan fingerprint density at radius 3 is 2.69 bits per heavy atom. The molecular weight excluding hydrogens is 230 g/mol. The molecule has 3 nitrogen and oxygen atoms in total. The zero-order valence-corrected chi connectivity index (χ0v) is 8.94. The van der Waals surface area contributed by atoms with Gasteiger partial charge in [0.1, 0.15) is 0 Å². The molecule has 2 rings (SSSR count). The summed E-state index contributed by atoms with van der Waals surface area (Å²) >= 11 is 3.38. The topological polar surface area (TPSA) is 21.1 Å². The summed E-state index contributed by atoms with van der Waals surface area (Å²) in [5.74, 6) is 0. The Hall–Kier alpha value is -0.610. The number of aromatic nitrogens is 2. The summed E-state index contributed by atoms with van der Waals surface area (Å²) in [5.41, 5.74) is 0. The first-order valence-corrected chi connectivity index (χ1v) is 5.19. The van der Waals surface area contributed by atoms with Gasteiger partial charge in [0.25, 0.3) is 0 Å². The van der Waals surface area contributed by atoms with Crippen LogP contribution in [0.1, 0.15) is 0 Å². The van der Waals surface area contributed by atoms with Crippen LogP contribution in [-0.2, 0) is 6.54 Å². The van der Waals surface area contributed by atoms with Gasteiger partial charge in [-0.25, -0.2) is 0 Å². The summed E-state index contributed by atoms with van der Waals surface area (Å²) < 4.78 is 3.01. The molecule has 70 valence electrons. The fraction of sp³-hybridized carbons (Fsp3) is 0.444. The first-order chi connectivity index (χ1) is 6.34. The van der Waals surface area contributed by atoms with E-state index in [1.165, 1.54) is 0 Å². The molecule has 0 fully saturated rings. The molecule has 0 amide bonds. The maximum Gasteiger partial charge on any atom is 0.0632 e. The van der Waals surface area contributed by atoms with Gasteiger partial charge in [0.2, 0.25) is 0 Å². The van der Waals surface area contributed by atoms with Crippen molar-refractivity contribution >= 4 is 15.9 Å². The van der Waals surface area contributed by atoms with Gasteiger partial charge in [-0.1, -0.05) is 12.2 Å². The molecule has 0 bridgehead atoms. The van der Waals surface area contributed by atoms with Gasteiger partial charge in [-0.15, -0.1) is 0 Å². The molecule has 13 heavy (non-hydrogen) atoms. The van der Waals surface area contributed by atoms with Crippen molar-refractivity contribution in [3.63, 3.8) is 0 Å². The fourth-order valence-corrected chi connectivity index (χ4v) is 1.74. The number of nitrogens with zero attached hydrogens (tertiary/aromatic N) is 3. The summed E-state index contributed by atoms with van der Waals surface area (Å²) in [6, 6.07) is 0. The second-order valence-electron chi connectivity index (χ2n) is 3.15. The van der Waals surface area contributed by atoms with Crippen molar-refractivity contribution in [1.82, 2.24) is 14.7 Å². The molecule has 0 saturated carbocycles. The van der Waals surface area contributed by atoms with Crippen LogP contribution in [0, 0.1) is 0 Å². The van der Waals surface area contributed by atoms with Crippen molar-refractivity contribution in [1.29, 1.82) is 0 Å². The van der Waals surface area contributed by atoms with Crippen molar-refractivity contribution in [2.24, 2.45) is 0 Å². The molecule has 0 aromatic carbocycles. The van der Waals surface area contributed by atoms with Crippen molar-refractivity contribution in [3.8, 4) is 0 Å². The molecule has 1 aromatic rings. The van der Waals surface area contributed by atoms with Gasteiger partial charge in [0.15, 0.2) is 0 Å². The number of halogens is 1. The maximum absolute atomic E-state index is 4.20. The van der Waals surface area contributed by atoms with Crippen LogP contribution in [0.15, 0.2) is 29.0 Å². The average molecular weight is 242 g/mol. The second-order valence-corrected chi connectivity index (χ2v) is 4.07. The molecule has 0 unspecified atom stereocenters. The van der Waals surface area contributed by atoms with Gasteiger partial charge in [-0.2, -0.15) is 5.10 Å². The molecule has 0 saturated heterocycles. The molecule has 4 heteroatoms. The minimum atomic E-state index is 0.966. The van der Waals surface area contributed by atoms with Gasteiger partial charge in [0.05, 0.1) is 17.2 Å². The lowest BCUT2D eigenvalue weighted by molar-refractivity contribution is 0.327. The van der Waals surface area contributed by atoms with Gasteiger partial charge in [-0.3, -0.25) is 9.58 Å². The van der Waals surface area contributed by atoms with Gasteiger partial charge < -0.3 is 0 Å². The molecule has 0 atom stereocenters. The SMILES string of the molecule is Brc1cnn(CCN2CC=CC2)c1. The molecule has 2 heterocycles. The average Bonchev–Trinajstić information content (AvgIpc) is 2.71. The standard InChI is InChI=1S/C9H12BrN3/c10-9-7-11-13(8-9)6-5-12-3-1-2-4-12/h1-2,7-8H,3-6H2. The minimum Gasteiger partial charge on any atom is -0.294 e. The summed E-state index contributed by atoms with van der Waals surface area (Å²) in [6.45, 7) is 4.21. The number of hydrogen-bond donors (Lipinski definition) is 0. The Kier molecular flexibility index (Phi) is 2.80. The Morgan fingerprint density at radius 1 is 1.31 bits per heavy atom. The Morgan fingerprint density at radius 2 is 2.08 bits per heavy atom. The summed E-state index contributed by atoms with van der Waals surface area (Å²) in [4.78, 5) is 2.38. The van der Waals surface area contributed by atoms with Crippen LogP contribution in [0.3, 0.4) is 0 Å². The summed E-state index contributed by atoms with van der Waals surface area (Å²) in [5, 5.41) is 4.20. The zero-order valence-electron chi connectivity index (χ0n) is 7.36. The van der Waals surface area contributed by atoms with Crippen LogP contribution < -0.4 is 0 Å². The van der Waals surface area contributed by atoms with Crippen molar-refractivity contribution in [2.75, 3.05) is 19.6 Å². The molecular formula is C9H12BrN3. The zero-order chi connectivity index (χ0) is 9.10. The van der Waals surface area contributed by atoms with Gasteiger partial charge in [0, 0.05) is 25.8 Å². The van der Waals surface area contributed by atoms with Crippen LogP contribution in [0.25, 0.3) is 0 Å². The van der Waals surface area contributed by atoms with Crippen LogP contribution in [0.5, 0.6) is 0 Å². The Balaban J connectivity index is 1.79. The molecule has 0 aliphatic carbocycles. The van der Waals surface area contributed by atoms with E-state index in [0.717, 1.165) is 30.7 Å². The van der Waals surface area contributed by atoms with Crippen molar-refractivity contribution < 1.29 is 0 Å². The second kappa shape index (κ2) is 4.07. The molecule has 1 aromatic heterocycles. The van der Waals surface area contributed by atoms with Gasteiger partial charge in [-0.05, 0) is 15.9 Å². The van der Waals surface area contributed by atoms with Crippen LogP contribution in [0.2, 0.25) is 0 Å². The van der Waals surface area contributed by atoms with E-state index >= 15 is 0 Å². The van der Waals surface area contributed by atoms with E-state index in [4.69, 9.17) is 0 Å². The van der Waals surface area contributed by atoms with Crippen LogP contribution >= 0.6 is 15.9 Å². The molecule has 1 aliphatic rings. The first kappa shape index (κ1) is 8.97. The quantitative estimate of drug-likeness (QED) is 0.749. The van der Waals surface area contributed by atoms with Crippen molar-refractivity contribution in [2.45, 2.75) is 6.54 Å². The molecule has 0 spiro atoms. The van der Waals surface area contributed by atoms with E-state index in [2.05, 4.69) is 38.1 Å². The summed E-state index contributed by atoms with van der Waals surface area (Å²) in [6.07, 6.45) is 8.24. The predicted octanol–water partition coefficient (Wildman–Crippen LogP) is 1.52. The number of hydrogen-bond acceptors (Lipinski definition) is 2. The Bertz CT molecular complexity index is 298. The highest BCUT2D eigenvalue weighted by Crippen LogP contribution is 2.06. The van der Waals surface area contributed by atoms with Crippen molar-refractivity contribution in [3.05, 3.63) is 29.0 Å². The van der Waals surface area contributed by atoms with E-state index in [0.29, 0.717) is 0 Å². The third-order valence-corrected chi connectivity index (χ3v) is 2.55. The first-order valence-electron chi connectivity index (χ1n) is 4.40. The monoisotopic (exact) mass is 241 g/mol. The highest BCUT2D eigenvalue weighted by Gasteiger charge is 2.05. The number of rotatable bonds is 3. The van der Waals surface area contributed by atoms with E-state index < -0.39 is 0 Å². The normalized spacial score (nSPS) is 17.0. The van der Waals surface area contributed by atoms with Gasteiger partial charge >= 0.3 is 0 Å². The third kappa shape index (κ3) is 2.42. The lowest BCUT2D eigenvalue weighted by Gasteiger charge is -2.13. The van der Waals surface area contributed by atoms with E-state index in [1.54, 1.807) is 0 Å². The van der Waals surface area contributed by atoms with Crippen LogP contribution in [0.4, 0.5) is 0 Å². The summed E-state index contributed by atoms with van der Waals surface area (Å²) in [7, 11) is 0. The smallest absolute Gasteiger partial charge is 0.0632 e. The lowest BCUT2D eigenvalue weighted by Crippen LogP contribution is -2.24. The fourth-order valence-electron chi connectivity index (χ4n) is 1.41. The van der Waals surface area contributed by atoms with E-state index in [-0.39, 0.29) is 0 Å². The Labute approximate surface area is 86.2 Å². The highest BCUT2D eigenvalue weighted by atomic mass is 79.9. The maximum atomic E-state index is 4.20. The third-order valence-electron chi connectivity index (χ3n) is 2.14. The highest BCUT2D eigenvalue weighted by molar-refractivity contribution is 9.10. The van der Waals surface area contributed by atoms with Crippen LogP contribution in [-0.4, -0.2) is 34.3 Å². The van der Waals surface area contributed by atoms with E-state index in [1.807, 2.05) is 17.1 Å². The largest absolute Gasteiger partial charge is 0.294 e. The lowest BCUT2D eigenvalue weighted by atomic mass is 10.5. The molecule has 1 aliphatic heterocycles.